The van der Waals surface area contributed by atoms with E-state index >= 15 is 0 Å². The number of fused-ring (bicyclic) bond motifs is 2. The molecule has 200 valence electrons. The lowest BCUT2D eigenvalue weighted by Gasteiger charge is -2.38. The normalized spacial score (nSPS) is 15.3. The maximum Gasteiger partial charge on any atom is 0.410 e. The van der Waals surface area contributed by atoms with Crippen molar-refractivity contribution in [1.29, 1.82) is 0 Å². The largest absolute Gasteiger partial charge is 0.467 e. The molecule has 2 aliphatic heterocycles. The standard InChI is InChI=1S/C30H30BrN5O3/c1-38-29-32-25-19-36(26-12-6-10-22-9-5-11-24(31)27(22)26)14-13-23(25)28(33-29)34-15-17-35(18-16-34)30(37)39-20-21-7-3-2-4-8-21/h2-12H,13-20H2,1H3. The summed E-state index contributed by atoms with van der Waals surface area (Å²) in [7, 11) is 1.61. The zero-order valence-corrected chi connectivity index (χ0v) is 23.4. The number of nitrogens with zero attached hydrogens (tertiary/aromatic N) is 5. The molecule has 0 atom stereocenters. The average molecular weight is 589 g/mol. The van der Waals surface area contributed by atoms with Crippen LogP contribution in [0.15, 0.2) is 71.2 Å². The number of anilines is 2. The predicted molar refractivity (Wildman–Crippen MR) is 155 cm³/mol. The highest BCUT2D eigenvalue weighted by atomic mass is 79.9. The minimum absolute atomic E-state index is 0.278. The first-order valence-corrected chi connectivity index (χ1v) is 14.0. The number of halogens is 1. The number of hydrogen-bond donors (Lipinski definition) is 0. The summed E-state index contributed by atoms with van der Waals surface area (Å²) in [6.07, 6.45) is 0.548. The number of rotatable bonds is 5. The quantitative estimate of drug-likeness (QED) is 0.308. The number of hydrogen-bond acceptors (Lipinski definition) is 7. The molecule has 2 aliphatic rings. The van der Waals surface area contributed by atoms with Crippen LogP contribution in [0.1, 0.15) is 16.8 Å². The van der Waals surface area contributed by atoms with Crippen LogP contribution in [-0.2, 0) is 24.3 Å². The van der Waals surface area contributed by atoms with Crippen LogP contribution in [0.3, 0.4) is 0 Å². The number of methoxy groups -OCH3 is 1. The maximum atomic E-state index is 12.7. The first-order valence-electron chi connectivity index (χ1n) is 13.2. The lowest BCUT2D eigenvalue weighted by Crippen LogP contribution is -2.49. The van der Waals surface area contributed by atoms with Crippen molar-refractivity contribution in [3.8, 4) is 6.01 Å². The van der Waals surface area contributed by atoms with Gasteiger partial charge in [-0.3, -0.25) is 0 Å². The first-order chi connectivity index (χ1) is 19.1. The number of ether oxygens (including phenoxy) is 2. The summed E-state index contributed by atoms with van der Waals surface area (Å²) in [6.45, 7) is 4.31. The third-order valence-electron chi connectivity index (χ3n) is 7.42. The van der Waals surface area contributed by atoms with E-state index in [1.54, 1.807) is 12.0 Å². The molecule has 1 fully saturated rings. The van der Waals surface area contributed by atoms with Crippen LogP contribution in [0, 0.1) is 0 Å². The lowest BCUT2D eigenvalue weighted by atomic mass is 10.0. The third-order valence-corrected chi connectivity index (χ3v) is 8.08. The highest BCUT2D eigenvalue weighted by Gasteiger charge is 2.29. The Morgan fingerprint density at radius 1 is 0.897 bits per heavy atom. The molecule has 9 heteroatoms. The minimum atomic E-state index is -0.280. The molecule has 6 rings (SSSR count). The Balaban J connectivity index is 1.18. The third kappa shape index (κ3) is 5.23. The zero-order valence-electron chi connectivity index (χ0n) is 21.8. The highest BCUT2D eigenvalue weighted by molar-refractivity contribution is 9.10. The second-order valence-corrected chi connectivity index (χ2v) is 10.6. The summed E-state index contributed by atoms with van der Waals surface area (Å²) in [6, 6.07) is 22.8. The van der Waals surface area contributed by atoms with E-state index in [1.807, 2.05) is 30.3 Å². The number of amides is 1. The van der Waals surface area contributed by atoms with Crippen molar-refractivity contribution in [2.45, 2.75) is 19.6 Å². The first kappa shape index (κ1) is 25.4. The summed E-state index contributed by atoms with van der Waals surface area (Å²) < 4.78 is 12.1. The number of aromatic nitrogens is 2. The summed E-state index contributed by atoms with van der Waals surface area (Å²) in [5, 5.41) is 2.41. The minimum Gasteiger partial charge on any atom is -0.467 e. The molecule has 4 aromatic rings. The van der Waals surface area contributed by atoms with Crippen LogP contribution in [0.25, 0.3) is 10.8 Å². The van der Waals surface area contributed by atoms with E-state index in [2.05, 4.69) is 62.1 Å². The van der Waals surface area contributed by atoms with Gasteiger partial charge in [0, 0.05) is 53.8 Å². The Kier molecular flexibility index (Phi) is 7.24. The van der Waals surface area contributed by atoms with Gasteiger partial charge in [-0.15, -0.1) is 0 Å². The van der Waals surface area contributed by atoms with Gasteiger partial charge in [0.15, 0.2) is 0 Å². The number of benzene rings is 3. The van der Waals surface area contributed by atoms with Gasteiger partial charge in [0.25, 0.3) is 0 Å². The molecule has 1 saturated heterocycles. The Bertz CT molecular complexity index is 1490. The van der Waals surface area contributed by atoms with E-state index in [0.717, 1.165) is 40.1 Å². The summed E-state index contributed by atoms with van der Waals surface area (Å²) in [4.78, 5) is 28.6. The molecule has 0 N–H and O–H groups in total. The van der Waals surface area contributed by atoms with Crippen LogP contribution < -0.4 is 14.5 Å². The molecule has 39 heavy (non-hydrogen) atoms. The Hall–Kier alpha value is -3.85. The van der Waals surface area contributed by atoms with Gasteiger partial charge in [-0.1, -0.05) is 70.5 Å². The molecule has 3 heterocycles. The van der Waals surface area contributed by atoms with Crippen molar-refractivity contribution < 1.29 is 14.3 Å². The molecule has 0 saturated carbocycles. The molecule has 0 radical (unpaired) electrons. The Morgan fingerprint density at radius 2 is 1.67 bits per heavy atom. The molecule has 8 nitrogen and oxygen atoms in total. The molecule has 3 aromatic carbocycles. The van der Waals surface area contributed by atoms with Crippen molar-refractivity contribution in [3.63, 3.8) is 0 Å². The molecular weight excluding hydrogens is 558 g/mol. The van der Waals surface area contributed by atoms with Gasteiger partial charge in [0.2, 0.25) is 0 Å². The Morgan fingerprint density at radius 3 is 2.44 bits per heavy atom. The smallest absolute Gasteiger partial charge is 0.410 e. The van der Waals surface area contributed by atoms with Crippen LogP contribution in [0.5, 0.6) is 6.01 Å². The van der Waals surface area contributed by atoms with Crippen molar-refractivity contribution >= 4 is 44.3 Å². The van der Waals surface area contributed by atoms with Crippen LogP contribution in [-0.4, -0.2) is 60.8 Å². The number of piperazine rings is 1. The van der Waals surface area contributed by atoms with Crippen LogP contribution in [0.2, 0.25) is 0 Å². The number of carbonyl (C=O) groups is 1. The van der Waals surface area contributed by atoms with Crippen molar-refractivity contribution in [3.05, 3.63) is 88.0 Å². The fourth-order valence-corrected chi connectivity index (χ4v) is 5.98. The van der Waals surface area contributed by atoms with Crippen molar-refractivity contribution in [2.75, 3.05) is 49.6 Å². The van der Waals surface area contributed by atoms with Crippen LogP contribution >= 0.6 is 15.9 Å². The fourth-order valence-electron chi connectivity index (χ4n) is 5.40. The van der Waals surface area contributed by atoms with Gasteiger partial charge in [0.1, 0.15) is 12.4 Å². The monoisotopic (exact) mass is 587 g/mol. The van der Waals surface area contributed by atoms with Crippen LogP contribution in [0.4, 0.5) is 16.3 Å². The SMILES string of the molecule is COc1nc2c(c(N3CCN(C(=O)OCc4ccccc4)CC3)n1)CCN(c1cccc3cccc(Br)c13)C2. The van der Waals surface area contributed by atoms with E-state index in [9.17, 15) is 4.79 Å². The van der Waals surface area contributed by atoms with Gasteiger partial charge in [-0.05, 0) is 29.5 Å². The van der Waals surface area contributed by atoms with Crippen molar-refractivity contribution in [1.82, 2.24) is 14.9 Å². The molecule has 0 aliphatic carbocycles. The molecule has 0 spiro atoms. The van der Waals surface area contributed by atoms with Crippen molar-refractivity contribution in [2.24, 2.45) is 0 Å². The number of carbonyl (C=O) groups excluding carboxylic acids is 1. The van der Waals surface area contributed by atoms with Gasteiger partial charge in [-0.25, -0.2) is 4.79 Å². The van der Waals surface area contributed by atoms with E-state index in [4.69, 9.17) is 19.4 Å². The molecule has 1 aromatic heterocycles. The fraction of sp³-hybridized carbons (Fsp3) is 0.300. The van der Waals surface area contributed by atoms with E-state index in [-0.39, 0.29) is 12.7 Å². The topological polar surface area (TPSA) is 71.0 Å². The summed E-state index contributed by atoms with van der Waals surface area (Å²) in [5.74, 6) is 0.910. The lowest BCUT2D eigenvalue weighted by molar-refractivity contribution is 0.0941. The van der Waals surface area contributed by atoms with Gasteiger partial charge in [-0.2, -0.15) is 9.97 Å². The van der Waals surface area contributed by atoms with E-state index in [1.165, 1.54) is 16.5 Å². The molecular formula is C30H30BrN5O3. The maximum absolute atomic E-state index is 12.7. The average Bonchev–Trinajstić information content (AvgIpc) is 2.99. The molecule has 0 unspecified atom stereocenters. The summed E-state index contributed by atoms with van der Waals surface area (Å²) in [5.41, 5.74) is 4.31. The zero-order chi connectivity index (χ0) is 26.8. The molecule has 1 amide bonds. The van der Waals surface area contributed by atoms with E-state index < -0.39 is 0 Å². The van der Waals surface area contributed by atoms with Gasteiger partial charge in [0.05, 0.1) is 19.3 Å². The second-order valence-electron chi connectivity index (χ2n) is 9.76. The Labute approximate surface area is 236 Å². The van der Waals surface area contributed by atoms with Gasteiger partial charge < -0.3 is 24.2 Å². The second kappa shape index (κ2) is 11.1. The predicted octanol–water partition coefficient (Wildman–Crippen LogP) is 5.42. The molecule has 0 bridgehead atoms. The van der Waals surface area contributed by atoms with E-state index in [0.29, 0.717) is 38.7 Å². The highest BCUT2D eigenvalue weighted by Crippen LogP contribution is 2.37. The van der Waals surface area contributed by atoms with Gasteiger partial charge >= 0.3 is 12.1 Å². The summed E-state index contributed by atoms with van der Waals surface area (Å²) >= 11 is 3.75.